The molecule has 0 aliphatic rings. The van der Waals surface area contributed by atoms with Gasteiger partial charge in [0.1, 0.15) is 0 Å². The van der Waals surface area contributed by atoms with E-state index in [4.69, 9.17) is 4.74 Å². The van der Waals surface area contributed by atoms with E-state index in [9.17, 15) is 13.2 Å². The average molecular weight is 298 g/mol. The highest BCUT2D eigenvalue weighted by Crippen LogP contribution is 2.22. The van der Waals surface area contributed by atoms with Crippen molar-refractivity contribution in [3.05, 3.63) is 29.3 Å². The SMILES string of the molecule is Cc1ccc(S(=O)(=O)CC(C)C)c(C(=O)OC(C)C)c1. The second-order valence-corrected chi connectivity index (χ2v) is 7.63. The van der Waals surface area contributed by atoms with Gasteiger partial charge in [0.25, 0.3) is 0 Å². The van der Waals surface area contributed by atoms with Crippen LogP contribution in [0.1, 0.15) is 43.6 Å². The van der Waals surface area contributed by atoms with Crippen LogP contribution < -0.4 is 0 Å². The van der Waals surface area contributed by atoms with Crippen molar-refractivity contribution in [2.75, 3.05) is 5.75 Å². The number of aryl methyl sites for hydroxylation is 1. The zero-order valence-electron chi connectivity index (χ0n) is 12.6. The highest BCUT2D eigenvalue weighted by atomic mass is 32.2. The topological polar surface area (TPSA) is 60.4 Å². The first-order valence-corrected chi connectivity index (χ1v) is 8.33. The highest BCUT2D eigenvalue weighted by molar-refractivity contribution is 7.91. The Labute approximate surface area is 121 Å². The number of esters is 1. The van der Waals surface area contributed by atoms with Crippen molar-refractivity contribution >= 4 is 15.8 Å². The van der Waals surface area contributed by atoms with Gasteiger partial charge in [0.05, 0.1) is 22.3 Å². The van der Waals surface area contributed by atoms with Crippen molar-refractivity contribution in [2.45, 2.75) is 45.6 Å². The number of carbonyl (C=O) groups is 1. The van der Waals surface area contributed by atoms with Crippen LogP contribution in [0.25, 0.3) is 0 Å². The van der Waals surface area contributed by atoms with E-state index in [1.807, 2.05) is 20.8 Å². The Morgan fingerprint density at radius 3 is 2.30 bits per heavy atom. The fourth-order valence-electron chi connectivity index (χ4n) is 1.88. The minimum absolute atomic E-state index is 0.00438. The van der Waals surface area contributed by atoms with Gasteiger partial charge in [-0.2, -0.15) is 0 Å². The van der Waals surface area contributed by atoms with Crippen molar-refractivity contribution in [1.29, 1.82) is 0 Å². The molecule has 1 aromatic carbocycles. The van der Waals surface area contributed by atoms with Crippen LogP contribution in [0.2, 0.25) is 0 Å². The van der Waals surface area contributed by atoms with Crippen LogP contribution in [0.5, 0.6) is 0 Å². The van der Waals surface area contributed by atoms with Gasteiger partial charge < -0.3 is 4.74 Å². The van der Waals surface area contributed by atoms with E-state index in [1.165, 1.54) is 6.07 Å². The van der Waals surface area contributed by atoms with Gasteiger partial charge >= 0.3 is 5.97 Å². The van der Waals surface area contributed by atoms with Gasteiger partial charge in [0, 0.05) is 0 Å². The predicted molar refractivity (Wildman–Crippen MR) is 78.6 cm³/mol. The number of carbonyl (C=O) groups excluding carboxylic acids is 1. The van der Waals surface area contributed by atoms with E-state index in [1.54, 1.807) is 26.0 Å². The van der Waals surface area contributed by atoms with Gasteiger partial charge in [-0.15, -0.1) is 0 Å². The second kappa shape index (κ2) is 6.39. The van der Waals surface area contributed by atoms with E-state index in [-0.39, 0.29) is 28.2 Å². The fourth-order valence-corrected chi connectivity index (χ4v) is 3.69. The molecular formula is C15H22O4S. The Bertz CT molecular complexity index is 586. The molecular weight excluding hydrogens is 276 g/mol. The molecule has 1 rings (SSSR count). The van der Waals surface area contributed by atoms with Gasteiger partial charge in [0.2, 0.25) is 0 Å². The summed E-state index contributed by atoms with van der Waals surface area (Å²) in [4.78, 5) is 12.1. The Kier molecular flexibility index (Phi) is 5.34. The van der Waals surface area contributed by atoms with Crippen LogP contribution in [0.3, 0.4) is 0 Å². The summed E-state index contributed by atoms with van der Waals surface area (Å²) in [6, 6.07) is 4.75. The summed E-state index contributed by atoms with van der Waals surface area (Å²) in [7, 11) is -3.49. The maximum atomic E-state index is 12.4. The molecule has 0 fully saturated rings. The zero-order valence-corrected chi connectivity index (χ0v) is 13.5. The molecule has 0 radical (unpaired) electrons. The summed E-state index contributed by atoms with van der Waals surface area (Å²) in [5.41, 5.74) is 0.948. The Morgan fingerprint density at radius 1 is 1.20 bits per heavy atom. The zero-order chi connectivity index (χ0) is 15.5. The second-order valence-electron chi connectivity index (χ2n) is 5.63. The molecule has 4 nitrogen and oxygen atoms in total. The third kappa shape index (κ3) is 4.34. The number of sulfone groups is 1. The maximum absolute atomic E-state index is 12.4. The first-order chi connectivity index (χ1) is 9.13. The Morgan fingerprint density at radius 2 is 1.80 bits per heavy atom. The third-order valence-corrected chi connectivity index (χ3v) is 4.72. The van der Waals surface area contributed by atoms with Crippen LogP contribution in [0.4, 0.5) is 0 Å². The lowest BCUT2D eigenvalue weighted by molar-refractivity contribution is 0.0373. The van der Waals surface area contributed by atoms with Gasteiger partial charge in [-0.25, -0.2) is 13.2 Å². The maximum Gasteiger partial charge on any atom is 0.339 e. The van der Waals surface area contributed by atoms with Crippen LogP contribution in [0, 0.1) is 12.8 Å². The molecule has 0 aromatic heterocycles. The third-order valence-electron chi connectivity index (χ3n) is 2.59. The molecule has 0 unspecified atom stereocenters. The van der Waals surface area contributed by atoms with E-state index in [2.05, 4.69) is 0 Å². The number of rotatable bonds is 5. The first-order valence-electron chi connectivity index (χ1n) is 6.68. The van der Waals surface area contributed by atoms with Gasteiger partial charge in [-0.05, 0) is 38.8 Å². The van der Waals surface area contributed by atoms with Crippen molar-refractivity contribution in [1.82, 2.24) is 0 Å². The standard InChI is InChI=1S/C15H22O4S/c1-10(2)9-20(17,18)14-7-6-12(5)8-13(14)15(16)19-11(3)4/h6-8,10-11H,9H2,1-5H3. The minimum atomic E-state index is -3.49. The highest BCUT2D eigenvalue weighted by Gasteiger charge is 2.24. The summed E-state index contributed by atoms with van der Waals surface area (Å²) in [5.74, 6) is -0.584. The van der Waals surface area contributed by atoms with Crippen LogP contribution in [0.15, 0.2) is 23.1 Å². The molecule has 0 aliphatic heterocycles. The summed E-state index contributed by atoms with van der Waals surface area (Å²) in [6.45, 7) is 8.94. The normalized spacial score (nSPS) is 11.9. The van der Waals surface area contributed by atoms with Gasteiger partial charge in [-0.1, -0.05) is 25.5 Å². The summed E-state index contributed by atoms with van der Waals surface area (Å²) < 4.78 is 29.8. The number of ether oxygens (including phenoxy) is 1. The molecule has 20 heavy (non-hydrogen) atoms. The van der Waals surface area contributed by atoms with Crippen LogP contribution in [-0.2, 0) is 14.6 Å². The van der Waals surface area contributed by atoms with Crippen LogP contribution >= 0.6 is 0 Å². The van der Waals surface area contributed by atoms with Gasteiger partial charge in [-0.3, -0.25) is 0 Å². The molecule has 0 saturated carbocycles. The average Bonchev–Trinajstić information content (AvgIpc) is 2.25. The Balaban J connectivity index is 3.30. The van der Waals surface area contributed by atoms with E-state index in [0.29, 0.717) is 0 Å². The molecule has 0 amide bonds. The number of hydrogen-bond acceptors (Lipinski definition) is 4. The molecule has 5 heteroatoms. The molecule has 0 heterocycles. The summed E-state index contributed by atoms with van der Waals surface area (Å²) in [5, 5.41) is 0. The minimum Gasteiger partial charge on any atom is -0.459 e. The lowest BCUT2D eigenvalue weighted by Gasteiger charge is -2.14. The van der Waals surface area contributed by atoms with Crippen LogP contribution in [-0.4, -0.2) is 26.2 Å². The molecule has 112 valence electrons. The molecule has 0 N–H and O–H groups in total. The molecule has 0 spiro atoms. The number of hydrogen-bond donors (Lipinski definition) is 0. The van der Waals surface area contributed by atoms with Gasteiger partial charge in [0.15, 0.2) is 9.84 Å². The van der Waals surface area contributed by atoms with E-state index in [0.717, 1.165) is 5.56 Å². The Hall–Kier alpha value is -1.36. The smallest absolute Gasteiger partial charge is 0.339 e. The molecule has 0 bridgehead atoms. The largest absolute Gasteiger partial charge is 0.459 e. The molecule has 1 aromatic rings. The first kappa shape index (κ1) is 16.7. The fraction of sp³-hybridized carbons (Fsp3) is 0.533. The summed E-state index contributed by atoms with van der Waals surface area (Å²) in [6.07, 6.45) is -0.288. The van der Waals surface area contributed by atoms with Crippen molar-refractivity contribution in [2.24, 2.45) is 5.92 Å². The monoisotopic (exact) mass is 298 g/mol. The van der Waals surface area contributed by atoms with Crippen molar-refractivity contribution in [3.8, 4) is 0 Å². The molecule has 0 aliphatic carbocycles. The molecule has 0 saturated heterocycles. The lowest BCUT2D eigenvalue weighted by Crippen LogP contribution is -2.19. The number of benzene rings is 1. The predicted octanol–water partition coefficient (Wildman–Crippen LogP) is 2.99. The summed E-state index contributed by atoms with van der Waals surface area (Å²) >= 11 is 0. The van der Waals surface area contributed by atoms with E-state index >= 15 is 0 Å². The quantitative estimate of drug-likeness (QED) is 0.784. The molecule has 0 atom stereocenters. The van der Waals surface area contributed by atoms with Crippen molar-refractivity contribution < 1.29 is 17.9 Å². The van der Waals surface area contributed by atoms with E-state index < -0.39 is 15.8 Å². The van der Waals surface area contributed by atoms with Crippen molar-refractivity contribution in [3.63, 3.8) is 0 Å². The lowest BCUT2D eigenvalue weighted by atomic mass is 10.1.